The zero-order valence-electron chi connectivity index (χ0n) is 12.2. The van der Waals surface area contributed by atoms with Crippen molar-refractivity contribution < 1.29 is 8.42 Å². The van der Waals surface area contributed by atoms with Gasteiger partial charge in [-0.15, -0.1) is 6.42 Å². The number of sulfonamides is 1. The fraction of sp³-hybridized carbons (Fsp3) is 0.533. The highest BCUT2D eigenvalue weighted by atomic mass is 32.2. The van der Waals surface area contributed by atoms with Crippen LogP contribution in [0.4, 0.5) is 0 Å². The van der Waals surface area contributed by atoms with Gasteiger partial charge in [-0.1, -0.05) is 18.9 Å². The molecule has 0 spiro atoms. The van der Waals surface area contributed by atoms with Crippen LogP contribution in [0.25, 0.3) is 0 Å². The number of rotatable bonds is 8. The van der Waals surface area contributed by atoms with Crippen LogP contribution in [0, 0.1) is 18.3 Å². The van der Waals surface area contributed by atoms with E-state index in [-0.39, 0.29) is 11.6 Å². The molecule has 1 aromatic rings. The van der Waals surface area contributed by atoms with Gasteiger partial charge in [-0.3, -0.25) is 0 Å². The maximum Gasteiger partial charge on any atom is 0.261 e. The number of aromatic nitrogens is 1. The van der Waals surface area contributed by atoms with Crippen molar-refractivity contribution in [1.82, 2.24) is 14.6 Å². The summed E-state index contributed by atoms with van der Waals surface area (Å²) >= 11 is 0. The van der Waals surface area contributed by atoms with Crippen molar-refractivity contribution in [2.45, 2.75) is 31.3 Å². The van der Waals surface area contributed by atoms with Gasteiger partial charge in [-0.25, -0.2) is 13.4 Å². The molecule has 1 fully saturated rings. The lowest BCUT2D eigenvalue weighted by molar-refractivity contribution is 0.428. The van der Waals surface area contributed by atoms with Crippen molar-refractivity contribution in [2.75, 3.05) is 19.6 Å². The molecule has 1 aliphatic rings. The molecule has 0 bridgehead atoms. The highest BCUT2D eigenvalue weighted by Crippen LogP contribution is 2.31. The van der Waals surface area contributed by atoms with Crippen molar-refractivity contribution in [3.63, 3.8) is 0 Å². The Hall–Kier alpha value is -1.42. The van der Waals surface area contributed by atoms with E-state index in [0.29, 0.717) is 19.0 Å². The maximum atomic E-state index is 12.6. The van der Waals surface area contributed by atoms with Gasteiger partial charge in [0, 0.05) is 19.3 Å². The smallest absolute Gasteiger partial charge is 0.261 e. The molecule has 21 heavy (non-hydrogen) atoms. The molecule has 0 atom stereocenters. The number of hydrogen-bond donors (Lipinski definition) is 1. The van der Waals surface area contributed by atoms with Crippen LogP contribution in [0.5, 0.6) is 0 Å². The minimum atomic E-state index is -3.60. The maximum absolute atomic E-state index is 12.6. The Balaban J connectivity index is 2.14. The molecule has 6 heteroatoms. The van der Waals surface area contributed by atoms with E-state index in [9.17, 15) is 8.42 Å². The Morgan fingerprint density at radius 1 is 1.48 bits per heavy atom. The second-order valence-electron chi connectivity index (χ2n) is 5.23. The highest BCUT2D eigenvalue weighted by Gasteiger charge is 2.31. The monoisotopic (exact) mass is 307 g/mol. The average molecular weight is 307 g/mol. The van der Waals surface area contributed by atoms with E-state index in [0.717, 1.165) is 24.9 Å². The normalized spacial score (nSPS) is 15.1. The highest BCUT2D eigenvalue weighted by molar-refractivity contribution is 7.89. The summed E-state index contributed by atoms with van der Waals surface area (Å²) in [6, 6.07) is 3.34. The third kappa shape index (κ3) is 4.27. The molecule has 1 saturated carbocycles. The Kier molecular flexibility index (Phi) is 5.34. The first-order valence-electron chi connectivity index (χ1n) is 7.17. The second-order valence-corrected chi connectivity index (χ2v) is 7.11. The van der Waals surface area contributed by atoms with Crippen LogP contribution in [0.3, 0.4) is 0 Å². The molecule has 0 radical (unpaired) electrons. The quantitative estimate of drug-likeness (QED) is 0.734. The van der Waals surface area contributed by atoms with Gasteiger partial charge in [0.1, 0.15) is 0 Å². The second kappa shape index (κ2) is 7.03. The molecule has 0 aromatic carbocycles. The first-order chi connectivity index (χ1) is 10.1. The zero-order valence-corrected chi connectivity index (χ0v) is 13.1. The van der Waals surface area contributed by atoms with Gasteiger partial charge in [0.05, 0.1) is 6.54 Å². The fourth-order valence-corrected chi connectivity index (χ4v) is 3.35. The lowest BCUT2D eigenvalue weighted by Gasteiger charge is -2.19. The molecule has 1 aliphatic carbocycles. The Bertz CT molecular complexity index is 601. The van der Waals surface area contributed by atoms with Crippen LogP contribution < -0.4 is 5.32 Å². The van der Waals surface area contributed by atoms with Crippen LogP contribution in [0.1, 0.15) is 25.3 Å². The molecule has 1 aromatic heterocycles. The van der Waals surface area contributed by atoms with Crippen molar-refractivity contribution in [1.29, 1.82) is 0 Å². The molecule has 5 nitrogen and oxygen atoms in total. The molecule has 1 N–H and O–H groups in total. The first-order valence-corrected chi connectivity index (χ1v) is 8.61. The largest absolute Gasteiger partial charge is 0.313 e. The van der Waals surface area contributed by atoms with E-state index in [1.807, 2.05) is 6.92 Å². The van der Waals surface area contributed by atoms with E-state index in [1.54, 1.807) is 18.3 Å². The van der Waals surface area contributed by atoms with Crippen LogP contribution >= 0.6 is 0 Å². The molecule has 1 heterocycles. The Morgan fingerprint density at radius 2 is 2.24 bits per heavy atom. The van der Waals surface area contributed by atoms with Crippen LogP contribution in [-0.4, -0.2) is 37.3 Å². The minimum Gasteiger partial charge on any atom is -0.313 e. The van der Waals surface area contributed by atoms with Crippen molar-refractivity contribution in [3.05, 3.63) is 23.9 Å². The molecule has 2 rings (SSSR count). The van der Waals surface area contributed by atoms with Crippen molar-refractivity contribution >= 4 is 10.0 Å². The van der Waals surface area contributed by atoms with E-state index in [4.69, 9.17) is 6.42 Å². The van der Waals surface area contributed by atoms with Crippen LogP contribution in [0.2, 0.25) is 0 Å². The van der Waals surface area contributed by atoms with E-state index >= 15 is 0 Å². The average Bonchev–Trinajstić information content (AvgIpc) is 3.29. The number of hydrogen-bond acceptors (Lipinski definition) is 4. The van der Waals surface area contributed by atoms with Crippen molar-refractivity contribution in [3.8, 4) is 12.3 Å². The summed E-state index contributed by atoms with van der Waals surface area (Å²) in [4.78, 5) is 4.10. The summed E-state index contributed by atoms with van der Waals surface area (Å²) in [6.45, 7) is 4.15. The Labute approximate surface area is 126 Å². The van der Waals surface area contributed by atoms with Gasteiger partial charge in [0.15, 0.2) is 5.03 Å². The summed E-state index contributed by atoms with van der Waals surface area (Å²) in [7, 11) is -3.60. The summed E-state index contributed by atoms with van der Waals surface area (Å²) < 4.78 is 26.5. The zero-order chi connectivity index (χ0) is 15.3. The predicted molar refractivity (Wildman–Crippen MR) is 81.9 cm³/mol. The van der Waals surface area contributed by atoms with E-state index < -0.39 is 10.0 Å². The van der Waals surface area contributed by atoms with Gasteiger partial charge in [0.2, 0.25) is 0 Å². The summed E-state index contributed by atoms with van der Waals surface area (Å²) in [6.07, 6.45) is 9.04. The van der Waals surface area contributed by atoms with Gasteiger partial charge < -0.3 is 5.32 Å². The summed E-state index contributed by atoms with van der Waals surface area (Å²) in [5.41, 5.74) is 0.960. The van der Waals surface area contributed by atoms with Crippen LogP contribution in [0.15, 0.2) is 23.4 Å². The molecule has 0 amide bonds. The Morgan fingerprint density at radius 3 is 2.76 bits per heavy atom. The van der Waals surface area contributed by atoms with Gasteiger partial charge in [-0.05, 0) is 36.9 Å². The van der Waals surface area contributed by atoms with Crippen LogP contribution in [-0.2, 0) is 16.6 Å². The third-order valence-corrected chi connectivity index (χ3v) is 5.14. The van der Waals surface area contributed by atoms with Gasteiger partial charge in [-0.2, -0.15) is 4.31 Å². The molecule has 114 valence electrons. The third-order valence-electron chi connectivity index (χ3n) is 3.41. The minimum absolute atomic E-state index is 0.0682. The standard InChI is InChI=1S/C15H21N3O2S/c1-3-9-18(12-13-5-6-13)21(19,20)15-8-7-14(11-17-15)10-16-4-2/h1,7-8,11,13,16H,4-6,9-10,12H2,2H3. The molecular formula is C15H21N3O2S. The van der Waals surface area contributed by atoms with E-state index in [1.165, 1.54) is 4.31 Å². The first kappa shape index (κ1) is 16.0. The topological polar surface area (TPSA) is 62.3 Å². The summed E-state index contributed by atoms with van der Waals surface area (Å²) in [5.74, 6) is 2.87. The van der Waals surface area contributed by atoms with Crippen molar-refractivity contribution in [2.24, 2.45) is 5.92 Å². The predicted octanol–water partition coefficient (Wildman–Crippen LogP) is 1.22. The van der Waals surface area contributed by atoms with Gasteiger partial charge >= 0.3 is 0 Å². The van der Waals surface area contributed by atoms with Gasteiger partial charge in [0.25, 0.3) is 10.0 Å². The number of nitrogens with zero attached hydrogens (tertiary/aromatic N) is 2. The number of nitrogens with one attached hydrogen (secondary N) is 1. The molecule has 0 saturated heterocycles. The number of terminal acetylenes is 1. The fourth-order valence-electron chi connectivity index (χ4n) is 2.01. The molecule has 0 aliphatic heterocycles. The lowest BCUT2D eigenvalue weighted by Crippen LogP contribution is -2.33. The SMILES string of the molecule is C#CCN(CC1CC1)S(=O)(=O)c1ccc(CNCC)cn1. The lowest BCUT2D eigenvalue weighted by atomic mass is 10.3. The summed E-state index contributed by atoms with van der Waals surface area (Å²) in [5, 5.41) is 3.24. The molecule has 0 unspecified atom stereocenters. The molecular weight excluding hydrogens is 286 g/mol. The number of pyridine rings is 1. The van der Waals surface area contributed by atoms with E-state index in [2.05, 4.69) is 16.2 Å².